The van der Waals surface area contributed by atoms with E-state index in [9.17, 15) is 14.7 Å². The van der Waals surface area contributed by atoms with Crippen LogP contribution in [0.5, 0.6) is 0 Å². The van der Waals surface area contributed by atoms with Crippen LogP contribution in [0, 0.1) is 11.3 Å². The fourth-order valence-corrected chi connectivity index (χ4v) is 4.03. The zero-order chi connectivity index (χ0) is 15.7. The summed E-state index contributed by atoms with van der Waals surface area (Å²) in [5.74, 6) is -0.141. The van der Waals surface area contributed by atoms with E-state index in [1.807, 2.05) is 4.90 Å². The zero-order valence-electron chi connectivity index (χ0n) is 13.5. The van der Waals surface area contributed by atoms with E-state index in [0.29, 0.717) is 5.41 Å². The topological polar surface area (TPSA) is 69.6 Å². The Labute approximate surface area is 132 Å². The molecule has 5 heteroatoms. The fraction of sp³-hybridized carbons (Fsp3) is 0.882. The molecule has 0 radical (unpaired) electrons. The maximum Gasteiger partial charge on any atom is 0.247 e. The number of piperidine rings is 1. The van der Waals surface area contributed by atoms with Crippen molar-refractivity contribution >= 4 is 11.8 Å². The van der Waals surface area contributed by atoms with Gasteiger partial charge in [0, 0.05) is 19.0 Å². The van der Waals surface area contributed by atoms with Crippen molar-refractivity contribution in [2.45, 2.75) is 70.4 Å². The largest absolute Gasteiger partial charge is 0.391 e. The summed E-state index contributed by atoms with van der Waals surface area (Å²) in [6, 6.07) is -0.786. The van der Waals surface area contributed by atoms with Crippen molar-refractivity contribution in [3.8, 4) is 0 Å². The molecule has 2 atom stereocenters. The number of rotatable bonds is 4. The Morgan fingerprint density at radius 2 is 1.73 bits per heavy atom. The molecule has 3 fully saturated rings. The van der Waals surface area contributed by atoms with E-state index in [2.05, 4.69) is 5.32 Å². The van der Waals surface area contributed by atoms with Crippen LogP contribution in [-0.4, -0.2) is 47.1 Å². The van der Waals surface area contributed by atoms with Gasteiger partial charge in [0.1, 0.15) is 6.04 Å². The summed E-state index contributed by atoms with van der Waals surface area (Å²) in [6.45, 7) is 3.11. The number of carbonyl (C=O) groups is 2. The molecule has 2 amide bonds. The minimum atomic E-state index is -0.849. The summed E-state index contributed by atoms with van der Waals surface area (Å²) in [5, 5.41) is 12.7. The van der Waals surface area contributed by atoms with Crippen molar-refractivity contribution in [1.29, 1.82) is 0 Å². The van der Waals surface area contributed by atoms with E-state index >= 15 is 0 Å². The van der Waals surface area contributed by atoms with Crippen molar-refractivity contribution in [1.82, 2.24) is 10.2 Å². The first-order valence-corrected chi connectivity index (χ1v) is 8.78. The molecule has 124 valence electrons. The van der Waals surface area contributed by atoms with Gasteiger partial charge in [0.15, 0.2) is 0 Å². The fourth-order valence-electron chi connectivity index (χ4n) is 4.03. The Bertz CT molecular complexity index is 429. The van der Waals surface area contributed by atoms with Crippen molar-refractivity contribution in [3.63, 3.8) is 0 Å². The van der Waals surface area contributed by atoms with Gasteiger partial charge in [-0.15, -0.1) is 0 Å². The zero-order valence-corrected chi connectivity index (χ0v) is 13.5. The molecule has 1 spiro atoms. The molecular weight excluding hydrogens is 280 g/mol. The number of nitrogens with one attached hydrogen (secondary N) is 1. The van der Waals surface area contributed by atoms with Crippen molar-refractivity contribution in [2.24, 2.45) is 11.3 Å². The van der Waals surface area contributed by atoms with Crippen LogP contribution in [0.3, 0.4) is 0 Å². The maximum absolute atomic E-state index is 12.7. The van der Waals surface area contributed by atoms with Gasteiger partial charge >= 0.3 is 0 Å². The lowest BCUT2D eigenvalue weighted by molar-refractivity contribution is -0.141. The third kappa shape index (κ3) is 3.29. The van der Waals surface area contributed by atoms with E-state index in [1.165, 1.54) is 25.7 Å². The van der Waals surface area contributed by atoms with Crippen LogP contribution < -0.4 is 5.32 Å². The summed E-state index contributed by atoms with van der Waals surface area (Å²) in [4.78, 5) is 26.4. The van der Waals surface area contributed by atoms with Gasteiger partial charge in [-0.1, -0.05) is 12.8 Å². The molecule has 2 saturated carbocycles. The first kappa shape index (κ1) is 15.8. The Morgan fingerprint density at radius 3 is 2.23 bits per heavy atom. The number of amides is 2. The minimum absolute atomic E-state index is 0.0529. The number of carbonyl (C=O) groups excluding carboxylic acids is 2. The maximum atomic E-state index is 12.7. The highest BCUT2D eigenvalue weighted by Gasteiger charge is 2.41. The number of nitrogens with zero attached hydrogens (tertiary/aromatic N) is 1. The Hall–Kier alpha value is -1.10. The van der Waals surface area contributed by atoms with E-state index in [1.54, 1.807) is 6.92 Å². The van der Waals surface area contributed by atoms with Crippen LogP contribution in [0.25, 0.3) is 0 Å². The third-order valence-corrected chi connectivity index (χ3v) is 5.79. The van der Waals surface area contributed by atoms with E-state index in [0.717, 1.165) is 38.8 Å². The van der Waals surface area contributed by atoms with Crippen molar-refractivity contribution < 1.29 is 14.7 Å². The molecule has 2 aliphatic carbocycles. The lowest BCUT2D eigenvalue weighted by Gasteiger charge is -2.40. The molecule has 5 nitrogen and oxygen atoms in total. The third-order valence-electron chi connectivity index (χ3n) is 5.79. The van der Waals surface area contributed by atoms with Crippen LogP contribution in [0.15, 0.2) is 0 Å². The van der Waals surface area contributed by atoms with Crippen LogP contribution in [-0.2, 0) is 9.59 Å². The van der Waals surface area contributed by atoms with Gasteiger partial charge in [-0.05, 0) is 50.9 Å². The second-order valence-corrected chi connectivity index (χ2v) is 7.53. The monoisotopic (exact) mass is 308 g/mol. The SMILES string of the molecule is CC(O)C(NC(=O)C1CC1)C(=O)N1CCC2(CCCC2)CC1. The molecule has 0 aromatic rings. The standard InChI is InChI=1S/C17H28N2O3/c1-12(20)14(18-15(21)13-4-5-13)16(22)19-10-8-17(9-11-19)6-2-3-7-17/h12-14,20H,2-11H2,1H3,(H,18,21). The average molecular weight is 308 g/mol. The van der Waals surface area contributed by atoms with Gasteiger partial charge < -0.3 is 15.3 Å². The molecule has 3 aliphatic rings. The summed E-state index contributed by atoms with van der Waals surface area (Å²) in [5.41, 5.74) is 0.467. The van der Waals surface area contributed by atoms with Crippen LogP contribution in [0.1, 0.15) is 58.3 Å². The highest BCUT2D eigenvalue weighted by Crippen LogP contribution is 2.46. The van der Waals surface area contributed by atoms with Crippen molar-refractivity contribution in [2.75, 3.05) is 13.1 Å². The molecule has 22 heavy (non-hydrogen) atoms. The lowest BCUT2D eigenvalue weighted by atomic mass is 9.77. The molecule has 2 N–H and O–H groups in total. The summed E-state index contributed by atoms with van der Waals surface area (Å²) >= 11 is 0. The number of aliphatic hydroxyl groups is 1. The Balaban J connectivity index is 1.57. The quantitative estimate of drug-likeness (QED) is 0.826. The molecule has 0 aromatic carbocycles. The number of hydrogen-bond donors (Lipinski definition) is 2. The Morgan fingerprint density at radius 1 is 1.14 bits per heavy atom. The predicted molar refractivity (Wildman–Crippen MR) is 83.1 cm³/mol. The number of aliphatic hydroxyl groups excluding tert-OH is 1. The van der Waals surface area contributed by atoms with Crippen molar-refractivity contribution in [3.05, 3.63) is 0 Å². The molecule has 2 unspecified atom stereocenters. The highest BCUT2D eigenvalue weighted by atomic mass is 16.3. The van der Waals surface area contributed by atoms with Crippen LogP contribution in [0.4, 0.5) is 0 Å². The van der Waals surface area contributed by atoms with E-state index < -0.39 is 12.1 Å². The smallest absolute Gasteiger partial charge is 0.247 e. The summed E-state index contributed by atoms with van der Waals surface area (Å²) in [7, 11) is 0. The van der Waals surface area contributed by atoms with Gasteiger partial charge in [-0.2, -0.15) is 0 Å². The summed E-state index contributed by atoms with van der Waals surface area (Å²) < 4.78 is 0. The predicted octanol–water partition coefficient (Wildman–Crippen LogP) is 1.44. The van der Waals surface area contributed by atoms with Crippen LogP contribution >= 0.6 is 0 Å². The minimum Gasteiger partial charge on any atom is -0.391 e. The van der Waals surface area contributed by atoms with Gasteiger partial charge in [0.25, 0.3) is 0 Å². The molecule has 0 aromatic heterocycles. The molecule has 1 saturated heterocycles. The van der Waals surface area contributed by atoms with Crippen LogP contribution in [0.2, 0.25) is 0 Å². The van der Waals surface area contributed by atoms with E-state index in [4.69, 9.17) is 0 Å². The molecule has 0 bridgehead atoms. The highest BCUT2D eigenvalue weighted by molar-refractivity contribution is 5.89. The van der Waals surface area contributed by atoms with Gasteiger partial charge in [-0.25, -0.2) is 0 Å². The molecule has 3 rings (SSSR count). The second-order valence-electron chi connectivity index (χ2n) is 7.53. The number of likely N-dealkylation sites (tertiary alicyclic amines) is 1. The molecule has 1 aliphatic heterocycles. The average Bonchev–Trinajstić information content (AvgIpc) is 3.26. The first-order chi connectivity index (χ1) is 10.5. The van der Waals surface area contributed by atoms with E-state index in [-0.39, 0.29) is 17.7 Å². The van der Waals surface area contributed by atoms with Gasteiger partial charge in [0.2, 0.25) is 11.8 Å². The normalized spacial score (nSPS) is 26.7. The number of hydrogen-bond acceptors (Lipinski definition) is 3. The summed E-state index contributed by atoms with van der Waals surface area (Å²) in [6.07, 6.45) is 8.34. The molecule has 1 heterocycles. The second kappa shape index (κ2) is 6.19. The molecular formula is C17H28N2O3. The van der Waals surface area contributed by atoms with Gasteiger partial charge in [-0.3, -0.25) is 9.59 Å². The van der Waals surface area contributed by atoms with Gasteiger partial charge in [0.05, 0.1) is 6.10 Å². The lowest BCUT2D eigenvalue weighted by Crippen LogP contribution is -2.56. The Kier molecular flexibility index (Phi) is 4.44. The first-order valence-electron chi connectivity index (χ1n) is 8.78.